The lowest BCUT2D eigenvalue weighted by Crippen LogP contribution is -2.33. The number of hydrogen-bond donors (Lipinski definition) is 1. The van der Waals surface area contributed by atoms with Crippen molar-refractivity contribution in [3.05, 3.63) is 0 Å². The average molecular weight is 195 g/mol. The SMILES string of the molecule is CCCCCC12CCCCC1CNC2. The van der Waals surface area contributed by atoms with Crippen LogP contribution < -0.4 is 5.32 Å². The van der Waals surface area contributed by atoms with Gasteiger partial charge in [-0.15, -0.1) is 0 Å². The second kappa shape index (κ2) is 4.65. The lowest BCUT2D eigenvalue weighted by Gasteiger charge is -2.39. The van der Waals surface area contributed by atoms with E-state index in [2.05, 4.69) is 12.2 Å². The molecule has 1 aliphatic heterocycles. The molecule has 1 nitrogen and oxygen atoms in total. The first-order chi connectivity index (χ1) is 6.87. The third-order valence-electron chi connectivity index (χ3n) is 4.49. The molecule has 1 saturated heterocycles. The van der Waals surface area contributed by atoms with Gasteiger partial charge in [0.1, 0.15) is 0 Å². The van der Waals surface area contributed by atoms with Gasteiger partial charge in [0, 0.05) is 6.54 Å². The van der Waals surface area contributed by atoms with Crippen molar-refractivity contribution in [2.24, 2.45) is 11.3 Å². The van der Waals surface area contributed by atoms with Crippen molar-refractivity contribution in [3.8, 4) is 0 Å². The zero-order valence-electron chi connectivity index (χ0n) is 9.65. The van der Waals surface area contributed by atoms with Gasteiger partial charge in [0.05, 0.1) is 0 Å². The Hall–Kier alpha value is -0.0400. The maximum Gasteiger partial charge on any atom is 0.00111 e. The molecule has 1 N–H and O–H groups in total. The molecule has 2 aliphatic rings. The van der Waals surface area contributed by atoms with Crippen LogP contribution in [0.5, 0.6) is 0 Å². The number of hydrogen-bond acceptors (Lipinski definition) is 1. The summed E-state index contributed by atoms with van der Waals surface area (Å²) in [4.78, 5) is 0. The Morgan fingerprint density at radius 2 is 2.21 bits per heavy atom. The third kappa shape index (κ3) is 1.98. The van der Waals surface area contributed by atoms with Crippen molar-refractivity contribution in [2.45, 2.75) is 58.3 Å². The van der Waals surface area contributed by atoms with Crippen LogP contribution in [0, 0.1) is 11.3 Å². The molecule has 1 heterocycles. The van der Waals surface area contributed by atoms with Crippen molar-refractivity contribution in [3.63, 3.8) is 0 Å². The Bertz CT molecular complexity index is 178. The Morgan fingerprint density at radius 3 is 3.07 bits per heavy atom. The van der Waals surface area contributed by atoms with Crippen molar-refractivity contribution >= 4 is 0 Å². The Labute approximate surface area is 88.7 Å². The van der Waals surface area contributed by atoms with Gasteiger partial charge in [-0.05, 0) is 37.1 Å². The summed E-state index contributed by atoms with van der Waals surface area (Å²) in [5.41, 5.74) is 0.730. The van der Waals surface area contributed by atoms with Crippen LogP contribution in [-0.4, -0.2) is 13.1 Å². The van der Waals surface area contributed by atoms with E-state index in [-0.39, 0.29) is 0 Å². The van der Waals surface area contributed by atoms with Gasteiger partial charge in [-0.3, -0.25) is 0 Å². The molecule has 2 unspecified atom stereocenters. The number of unbranched alkanes of at least 4 members (excludes halogenated alkanes) is 2. The van der Waals surface area contributed by atoms with E-state index in [1.807, 2.05) is 0 Å². The largest absolute Gasteiger partial charge is 0.316 e. The van der Waals surface area contributed by atoms with Crippen LogP contribution in [0.2, 0.25) is 0 Å². The van der Waals surface area contributed by atoms with Crippen LogP contribution in [0.3, 0.4) is 0 Å². The van der Waals surface area contributed by atoms with Gasteiger partial charge in [0.2, 0.25) is 0 Å². The van der Waals surface area contributed by atoms with Crippen LogP contribution in [0.4, 0.5) is 0 Å². The molecule has 0 radical (unpaired) electrons. The first-order valence-corrected chi connectivity index (χ1v) is 6.58. The summed E-state index contributed by atoms with van der Waals surface area (Å²) in [6, 6.07) is 0. The van der Waals surface area contributed by atoms with Gasteiger partial charge in [-0.1, -0.05) is 39.0 Å². The molecule has 0 aromatic carbocycles. The fraction of sp³-hybridized carbons (Fsp3) is 1.00. The van der Waals surface area contributed by atoms with E-state index in [4.69, 9.17) is 0 Å². The minimum Gasteiger partial charge on any atom is -0.316 e. The minimum absolute atomic E-state index is 0.730. The maximum atomic E-state index is 3.63. The third-order valence-corrected chi connectivity index (χ3v) is 4.49. The summed E-state index contributed by atoms with van der Waals surface area (Å²) < 4.78 is 0. The van der Waals surface area contributed by atoms with Gasteiger partial charge in [0.25, 0.3) is 0 Å². The van der Waals surface area contributed by atoms with Crippen molar-refractivity contribution < 1.29 is 0 Å². The summed E-state index contributed by atoms with van der Waals surface area (Å²) >= 11 is 0. The summed E-state index contributed by atoms with van der Waals surface area (Å²) in [5, 5.41) is 3.63. The molecule has 82 valence electrons. The first kappa shape index (κ1) is 10.5. The summed E-state index contributed by atoms with van der Waals surface area (Å²) in [5.74, 6) is 1.02. The topological polar surface area (TPSA) is 12.0 Å². The second-order valence-corrected chi connectivity index (χ2v) is 5.39. The second-order valence-electron chi connectivity index (χ2n) is 5.39. The molecule has 0 aromatic rings. The zero-order valence-corrected chi connectivity index (χ0v) is 9.65. The lowest BCUT2D eigenvalue weighted by atomic mass is 9.66. The maximum absolute atomic E-state index is 3.63. The molecule has 1 saturated carbocycles. The Morgan fingerprint density at radius 1 is 1.29 bits per heavy atom. The van der Waals surface area contributed by atoms with E-state index >= 15 is 0 Å². The smallest absolute Gasteiger partial charge is 0.00111 e. The molecule has 2 atom stereocenters. The quantitative estimate of drug-likeness (QED) is 0.678. The predicted octanol–water partition coefficient (Wildman–Crippen LogP) is 3.35. The van der Waals surface area contributed by atoms with E-state index in [9.17, 15) is 0 Å². The van der Waals surface area contributed by atoms with Crippen molar-refractivity contribution in [1.29, 1.82) is 0 Å². The summed E-state index contributed by atoms with van der Waals surface area (Å²) in [6.07, 6.45) is 11.8. The van der Waals surface area contributed by atoms with Crippen molar-refractivity contribution in [1.82, 2.24) is 5.32 Å². The predicted molar refractivity (Wildman–Crippen MR) is 61.4 cm³/mol. The standard InChI is InChI=1S/C13H25N/c1-2-3-5-8-13-9-6-4-7-12(13)10-14-11-13/h12,14H,2-11H2,1H3. The molecular weight excluding hydrogens is 170 g/mol. The van der Waals surface area contributed by atoms with Crippen LogP contribution in [0.1, 0.15) is 58.3 Å². The van der Waals surface area contributed by atoms with Gasteiger partial charge < -0.3 is 5.32 Å². The van der Waals surface area contributed by atoms with Gasteiger partial charge in [0.15, 0.2) is 0 Å². The van der Waals surface area contributed by atoms with E-state index in [0.29, 0.717) is 0 Å². The summed E-state index contributed by atoms with van der Waals surface area (Å²) in [6.45, 7) is 4.94. The highest BCUT2D eigenvalue weighted by molar-refractivity contribution is 4.96. The average Bonchev–Trinajstić information content (AvgIpc) is 2.62. The van der Waals surface area contributed by atoms with E-state index in [1.165, 1.54) is 64.5 Å². The fourth-order valence-corrected chi connectivity index (χ4v) is 3.57. The molecule has 0 bridgehead atoms. The first-order valence-electron chi connectivity index (χ1n) is 6.58. The number of fused-ring (bicyclic) bond motifs is 1. The van der Waals surface area contributed by atoms with Gasteiger partial charge in [-0.25, -0.2) is 0 Å². The van der Waals surface area contributed by atoms with Crippen LogP contribution >= 0.6 is 0 Å². The van der Waals surface area contributed by atoms with Crippen LogP contribution in [0.15, 0.2) is 0 Å². The highest BCUT2D eigenvalue weighted by Crippen LogP contribution is 2.47. The van der Waals surface area contributed by atoms with E-state index in [0.717, 1.165) is 11.3 Å². The molecule has 2 rings (SSSR count). The van der Waals surface area contributed by atoms with E-state index in [1.54, 1.807) is 0 Å². The van der Waals surface area contributed by atoms with Crippen LogP contribution in [0.25, 0.3) is 0 Å². The van der Waals surface area contributed by atoms with Gasteiger partial charge >= 0.3 is 0 Å². The minimum atomic E-state index is 0.730. The van der Waals surface area contributed by atoms with E-state index < -0.39 is 0 Å². The zero-order chi connectivity index (χ0) is 9.86. The molecule has 0 amide bonds. The molecule has 1 aliphatic carbocycles. The molecule has 0 aromatic heterocycles. The molecule has 1 heteroatoms. The normalized spacial score (nSPS) is 37.1. The summed E-state index contributed by atoms with van der Waals surface area (Å²) in [7, 11) is 0. The molecular formula is C13H25N. The van der Waals surface area contributed by atoms with Crippen LogP contribution in [-0.2, 0) is 0 Å². The fourth-order valence-electron chi connectivity index (χ4n) is 3.57. The number of nitrogens with one attached hydrogen (secondary N) is 1. The Kier molecular flexibility index (Phi) is 3.48. The highest BCUT2D eigenvalue weighted by atomic mass is 14.9. The lowest BCUT2D eigenvalue weighted by molar-refractivity contribution is 0.132. The molecule has 0 spiro atoms. The highest BCUT2D eigenvalue weighted by Gasteiger charge is 2.43. The Balaban J connectivity index is 1.89. The monoisotopic (exact) mass is 195 g/mol. The molecule has 14 heavy (non-hydrogen) atoms. The number of rotatable bonds is 4. The van der Waals surface area contributed by atoms with Gasteiger partial charge in [-0.2, -0.15) is 0 Å². The van der Waals surface area contributed by atoms with Crippen molar-refractivity contribution in [2.75, 3.05) is 13.1 Å². The molecule has 2 fully saturated rings.